The number of anilines is 1. The van der Waals surface area contributed by atoms with Crippen molar-refractivity contribution in [2.45, 2.75) is 38.5 Å². The predicted molar refractivity (Wildman–Crippen MR) is 165 cm³/mol. The number of amides is 1. The van der Waals surface area contributed by atoms with E-state index in [-0.39, 0.29) is 12.5 Å². The second-order valence-electron chi connectivity index (χ2n) is 10.4. The molecule has 0 unspecified atom stereocenters. The molecule has 9 nitrogen and oxygen atoms in total. The summed E-state index contributed by atoms with van der Waals surface area (Å²) in [5.41, 5.74) is 2.30. The number of carbonyl (C=O) groups is 3. The molecule has 0 aromatic heterocycles. The Bertz CT molecular complexity index is 1360. The van der Waals surface area contributed by atoms with E-state index in [2.05, 4.69) is 5.32 Å². The molecular weight excluding hydrogens is 548 g/mol. The highest BCUT2D eigenvalue weighted by atomic mass is 16.5. The molecule has 0 aliphatic rings. The number of esters is 2. The summed E-state index contributed by atoms with van der Waals surface area (Å²) in [4.78, 5) is 41.0. The number of aliphatic hydroxyl groups excluding tert-OH is 1. The van der Waals surface area contributed by atoms with Gasteiger partial charge < -0.3 is 29.5 Å². The Kier molecular flexibility index (Phi) is 12.3. The van der Waals surface area contributed by atoms with Crippen molar-refractivity contribution in [2.75, 3.05) is 32.8 Å². The fourth-order valence-electron chi connectivity index (χ4n) is 4.77. The highest BCUT2D eigenvalue weighted by Gasteiger charge is 2.36. The summed E-state index contributed by atoms with van der Waals surface area (Å²) >= 11 is 0. The Morgan fingerprint density at radius 2 is 1.47 bits per heavy atom. The van der Waals surface area contributed by atoms with Gasteiger partial charge in [0.25, 0.3) is 5.91 Å². The van der Waals surface area contributed by atoms with E-state index in [1.165, 1.54) is 14.2 Å². The van der Waals surface area contributed by atoms with E-state index in [0.29, 0.717) is 29.0 Å². The minimum atomic E-state index is -1.65. The molecule has 0 aliphatic heterocycles. The number of nitrogens with zero attached hydrogens (tertiary/aromatic N) is 1. The molecule has 0 saturated carbocycles. The lowest BCUT2D eigenvalue weighted by Gasteiger charge is -2.37. The molecule has 3 aromatic carbocycles. The Morgan fingerprint density at radius 3 is 2.00 bits per heavy atom. The van der Waals surface area contributed by atoms with Gasteiger partial charge in [0.2, 0.25) is 0 Å². The molecule has 228 valence electrons. The quantitative estimate of drug-likeness (QED) is 0.208. The summed E-state index contributed by atoms with van der Waals surface area (Å²) in [7, 11) is 4.11. The molecule has 3 rings (SSSR count). The van der Waals surface area contributed by atoms with E-state index in [1.54, 1.807) is 66.6 Å². The number of carbonyl (C=O) groups excluding carboxylic acids is 3. The van der Waals surface area contributed by atoms with Crippen LogP contribution in [0.1, 0.15) is 37.4 Å². The first-order valence-corrected chi connectivity index (χ1v) is 14.0. The van der Waals surface area contributed by atoms with Crippen LogP contribution in [0.3, 0.4) is 0 Å². The minimum absolute atomic E-state index is 0.0236. The van der Waals surface area contributed by atoms with Crippen molar-refractivity contribution in [1.29, 1.82) is 0 Å². The smallest absolute Gasteiger partial charge is 0.335 e. The van der Waals surface area contributed by atoms with Gasteiger partial charge in [0, 0.05) is 5.69 Å². The molecule has 43 heavy (non-hydrogen) atoms. The van der Waals surface area contributed by atoms with Crippen LogP contribution in [0.5, 0.6) is 5.75 Å². The standard InChI is InChI=1S/C34H40N2O7/c1-23(2)20-29(34(40)43-5)35-32(38)31(37)30(25-14-10-7-11-15-25)36(27-16-18-28(41-3)19-17-27)22-26(33(39)42-4)21-24-12-8-6-9-13-24/h6-19,21,23,29-31,37H,20,22H2,1-5H3,(H,35,38)/b26-21+/t29-,30-,31-/m0/s1. The normalized spacial score (nSPS) is 13.4. The summed E-state index contributed by atoms with van der Waals surface area (Å²) in [6.07, 6.45) is 0.391. The lowest BCUT2D eigenvalue weighted by Crippen LogP contribution is -2.51. The largest absolute Gasteiger partial charge is 0.497 e. The zero-order chi connectivity index (χ0) is 31.4. The lowest BCUT2D eigenvalue weighted by atomic mass is 9.96. The highest BCUT2D eigenvalue weighted by Crippen LogP contribution is 2.33. The zero-order valence-corrected chi connectivity index (χ0v) is 25.2. The fraction of sp³-hybridized carbons (Fsp3) is 0.324. The van der Waals surface area contributed by atoms with Gasteiger partial charge in [-0.25, -0.2) is 9.59 Å². The molecule has 0 fully saturated rings. The van der Waals surface area contributed by atoms with E-state index < -0.39 is 36.0 Å². The molecule has 1 amide bonds. The van der Waals surface area contributed by atoms with Gasteiger partial charge in [-0.1, -0.05) is 74.5 Å². The van der Waals surface area contributed by atoms with Gasteiger partial charge in [-0.05, 0) is 53.8 Å². The van der Waals surface area contributed by atoms with E-state index in [4.69, 9.17) is 14.2 Å². The van der Waals surface area contributed by atoms with E-state index >= 15 is 0 Å². The maximum Gasteiger partial charge on any atom is 0.335 e. The average molecular weight is 589 g/mol. The number of ether oxygens (including phenoxy) is 3. The number of benzene rings is 3. The first-order valence-electron chi connectivity index (χ1n) is 14.0. The van der Waals surface area contributed by atoms with Crippen LogP contribution in [0, 0.1) is 5.92 Å². The number of nitrogens with one attached hydrogen (secondary N) is 1. The van der Waals surface area contributed by atoms with Gasteiger partial charge in [-0.3, -0.25) is 4.79 Å². The first-order chi connectivity index (χ1) is 20.7. The maximum absolute atomic E-state index is 13.7. The number of methoxy groups -OCH3 is 3. The van der Waals surface area contributed by atoms with E-state index in [0.717, 1.165) is 5.56 Å². The van der Waals surface area contributed by atoms with Crippen molar-refractivity contribution in [3.8, 4) is 5.75 Å². The Hall–Kier alpha value is -4.63. The summed E-state index contributed by atoms with van der Waals surface area (Å²) in [6, 6.07) is 23.5. The van der Waals surface area contributed by atoms with Crippen molar-refractivity contribution < 1.29 is 33.7 Å². The topological polar surface area (TPSA) is 114 Å². The number of aliphatic hydroxyl groups is 1. The van der Waals surface area contributed by atoms with Crippen molar-refractivity contribution in [3.05, 3.63) is 102 Å². The van der Waals surface area contributed by atoms with Crippen LogP contribution in [0.2, 0.25) is 0 Å². The third kappa shape index (κ3) is 9.18. The Balaban J connectivity index is 2.14. The van der Waals surface area contributed by atoms with Gasteiger partial charge in [0.05, 0.1) is 39.5 Å². The van der Waals surface area contributed by atoms with Crippen molar-refractivity contribution in [3.63, 3.8) is 0 Å². The molecule has 0 heterocycles. The third-order valence-corrected chi connectivity index (χ3v) is 6.89. The molecule has 0 spiro atoms. The molecule has 3 aromatic rings. The summed E-state index contributed by atoms with van der Waals surface area (Å²) < 4.78 is 15.4. The maximum atomic E-state index is 13.7. The Labute approximate surface area is 253 Å². The van der Waals surface area contributed by atoms with Crippen molar-refractivity contribution >= 4 is 29.6 Å². The van der Waals surface area contributed by atoms with Crippen molar-refractivity contribution in [1.82, 2.24) is 5.32 Å². The lowest BCUT2D eigenvalue weighted by molar-refractivity contribution is -0.147. The van der Waals surface area contributed by atoms with Crippen LogP contribution in [-0.4, -0.2) is 63.0 Å². The van der Waals surface area contributed by atoms with E-state index in [9.17, 15) is 19.5 Å². The highest BCUT2D eigenvalue weighted by molar-refractivity contribution is 5.95. The van der Waals surface area contributed by atoms with Crippen LogP contribution in [0.15, 0.2) is 90.5 Å². The van der Waals surface area contributed by atoms with Gasteiger partial charge >= 0.3 is 11.9 Å². The van der Waals surface area contributed by atoms with Crippen LogP contribution < -0.4 is 15.0 Å². The average Bonchev–Trinajstić information content (AvgIpc) is 3.03. The first kappa shape index (κ1) is 32.9. The zero-order valence-electron chi connectivity index (χ0n) is 25.2. The third-order valence-electron chi connectivity index (χ3n) is 6.89. The second kappa shape index (κ2) is 16.1. The Morgan fingerprint density at radius 1 is 0.860 bits per heavy atom. The summed E-state index contributed by atoms with van der Waals surface area (Å²) in [5.74, 6) is -1.23. The van der Waals surface area contributed by atoms with Gasteiger partial charge in [0.15, 0.2) is 6.10 Å². The van der Waals surface area contributed by atoms with Crippen molar-refractivity contribution in [2.24, 2.45) is 5.92 Å². The van der Waals surface area contributed by atoms with Crippen LogP contribution in [0.25, 0.3) is 6.08 Å². The summed E-state index contributed by atoms with van der Waals surface area (Å²) in [5, 5.41) is 14.4. The predicted octanol–water partition coefficient (Wildman–Crippen LogP) is 4.56. The molecular formula is C34H40N2O7. The second-order valence-corrected chi connectivity index (χ2v) is 10.4. The minimum Gasteiger partial charge on any atom is -0.497 e. The number of hydrogen-bond donors (Lipinski definition) is 2. The number of hydrogen-bond acceptors (Lipinski definition) is 8. The van der Waals surface area contributed by atoms with Gasteiger partial charge in [-0.15, -0.1) is 0 Å². The molecule has 9 heteroatoms. The SMILES string of the molecule is COC(=O)/C(=C/c1ccccc1)CN(c1ccc(OC)cc1)[C@@H](c1ccccc1)[C@H](O)C(=O)N[C@@H](CC(C)C)C(=O)OC. The van der Waals surface area contributed by atoms with Crippen LogP contribution in [-0.2, 0) is 23.9 Å². The molecule has 0 saturated heterocycles. The molecule has 0 aliphatic carbocycles. The number of rotatable bonds is 14. The van der Waals surface area contributed by atoms with Gasteiger partial charge in [0.1, 0.15) is 11.8 Å². The van der Waals surface area contributed by atoms with Gasteiger partial charge in [-0.2, -0.15) is 0 Å². The molecule has 0 radical (unpaired) electrons. The molecule has 2 N–H and O–H groups in total. The van der Waals surface area contributed by atoms with Crippen LogP contribution in [0.4, 0.5) is 5.69 Å². The monoisotopic (exact) mass is 588 g/mol. The fourth-order valence-corrected chi connectivity index (χ4v) is 4.77. The van der Waals surface area contributed by atoms with E-state index in [1.807, 2.05) is 50.2 Å². The molecule has 0 bridgehead atoms. The summed E-state index contributed by atoms with van der Waals surface area (Å²) in [6.45, 7) is 3.82. The van der Waals surface area contributed by atoms with Crippen LogP contribution >= 0.6 is 0 Å². The molecule has 3 atom stereocenters.